The lowest BCUT2D eigenvalue weighted by molar-refractivity contribution is -0.163. The second kappa shape index (κ2) is 6.89. The van der Waals surface area contributed by atoms with Gasteiger partial charge in [-0.3, -0.25) is 14.4 Å². The number of hydrogen-bond donors (Lipinski definition) is 1. The second-order valence-electron chi connectivity index (χ2n) is 11.1. The molecule has 5 rings (SSSR count). The van der Waals surface area contributed by atoms with Crippen molar-refractivity contribution in [2.24, 2.45) is 28.6 Å². The molecule has 7 heteroatoms. The van der Waals surface area contributed by atoms with E-state index >= 15 is 0 Å². The predicted molar refractivity (Wildman–Crippen MR) is 113 cm³/mol. The lowest BCUT2D eigenvalue weighted by atomic mass is 9.43. The van der Waals surface area contributed by atoms with E-state index in [-0.39, 0.29) is 47.5 Å². The molecular weight excluding hydrogens is 412 g/mol. The van der Waals surface area contributed by atoms with Gasteiger partial charge >= 0.3 is 11.9 Å². The van der Waals surface area contributed by atoms with Crippen LogP contribution in [-0.4, -0.2) is 54.4 Å². The maximum absolute atomic E-state index is 13.0. The van der Waals surface area contributed by atoms with E-state index in [0.717, 1.165) is 18.4 Å². The molecule has 3 saturated carbocycles. The summed E-state index contributed by atoms with van der Waals surface area (Å²) in [5, 5.41) is 11.8. The zero-order valence-electron chi connectivity index (χ0n) is 19.4. The van der Waals surface area contributed by atoms with Gasteiger partial charge in [0.2, 0.25) is 0 Å². The van der Waals surface area contributed by atoms with Crippen molar-refractivity contribution in [3.63, 3.8) is 0 Å². The lowest BCUT2D eigenvalue weighted by Crippen LogP contribution is -2.63. The Balaban J connectivity index is 1.56. The van der Waals surface area contributed by atoms with E-state index in [1.54, 1.807) is 6.08 Å². The van der Waals surface area contributed by atoms with E-state index in [9.17, 15) is 19.5 Å². The molecule has 0 aromatic heterocycles. The van der Waals surface area contributed by atoms with Crippen LogP contribution in [0.2, 0.25) is 0 Å². The van der Waals surface area contributed by atoms with Crippen LogP contribution in [0, 0.1) is 28.6 Å². The number of carbonyl (C=O) groups is 3. The van der Waals surface area contributed by atoms with Gasteiger partial charge in [0.1, 0.15) is 5.60 Å². The molecule has 0 radical (unpaired) electrons. The van der Waals surface area contributed by atoms with E-state index in [2.05, 4.69) is 13.8 Å². The molecule has 176 valence electrons. The van der Waals surface area contributed by atoms with Gasteiger partial charge in [0.05, 0.1) is 31.8 Å². The van der Waals surface area contributed by atoms with Gasteiger partial charge in [-0.1, -0.05) is 19.4 Å². The maximum Gasteiger partial charge on any atom is 0.309 e. The summed E-state index contributed by atoms with van der Waals surface area (Å²) < 4.78 is 16.6. The van der Waals surface area contributed by atoms with Crippen molar-refractivity contribution in [1.29, 1.82) is 0 Å². The van der Waals surface area contributed by atoms with Gasteiger partial charge in [0, 0.05) is 29.6 Å². The first-order valence-electron chi connectivity index (χ1n) is 11.8. The predicted octanol–water partition coefficient (Wildman–Crippen LogP) is 2.73. The van der Waals surface area contributed by atoms with Crippen molar-refractivity contribution < 1.29 is 33.7 Å². The number of hydrogen-bond acceptors (Lipinski definition) is 7. The SMILES string of the molecule is COC(=O)CC[C@]1(O)CC[C@H]2[C@@H]3[C@H](C(=O)OC)CC4=CC(=O)CC[C@]4(C)C34OC4C[C@@]21C. The summed E-state index contributed by atoms with van der Waals surface area (Å²) in [6.07, 6.45) is 5.98. The molecule has 32 heavy (non-hydrogen) atoms. The Kier molecular flexibility index (Phi) is 4.75. The Morgan fingerprint density at radius 1 is 1.22 bits per heavy atom. The summed E-state index contributed by atoms with van der Waals surface area (Å²) in [6, 6.07) is 0. The fourth-order valence-electron chi connectivity index (χ4n) is 8.32. The van der Waals surface area contributed by atoms with Crippen LogP contribution in [0.25, 0.3) is 0 Å². The fourth-order valence-corrected chi connectivity index (χ4v) is 8.32. The molecule has 1 saturated heterocycles. The number of aliphatic hydroxyl groups is 1. The molecular formula is C25H34O7. The molecule has 0 bridgehead atoms. The number of methoxy groups -OCH3 is 2. The molecule has 1 heterocycles. The van der Waals surface area contributed by atoms with E-state index in [1.807, 2.05) is 0 Å². The third kappa shape index (κ3) is 2.58. The van der Waals surface area contributed by atoms with Crippen LogP contribution >= 0.6 is 0 Å². The molecule has 1 spiro atoms. The summed E-state index contributed by atoms with van der Waals surface area (Å²) in [7, 11) is 2.78. The van der Waals surface area contributed by atoms with Crippen LogP contribution in [0.15, 0.2) is 11.6 Å². The zero-order chi connectivity index (χ0) is 23.1. The van der Waals surface area contributed by atoms with Crippen LogP contribution in [0.1, 0.15) is 65.2 Å². The Bertz CT molecular complexity index is 910. The average molecular weight is 447 g/mol. The molecule has 4 aliphatic carbocycles. The minimum Gasteiger partial charge on any atom is -0.469 e. The first kappa shape index (κ1) is 22.1. The highest BCUT2D eigenvalue weighted by Crippen LogP contribution is 2.77. The average Bonchev–Trinajstić information content (AvgIpc) is 3.43. The molecule has 8 atom stereocenters. The maximum atomic E-state index is 13.0. The van der Waals surface area contributed by atoms with Gasteiger partial charge in [-0.15, -0.1) is 0 Å². The highest BCUT2D eigenvalue weighted by atomic mass is 16.6. The molecule has 7 nitrogen and oxygen atoms in total. The minimum atomic E-state index is -1.01. The Morgan fingerprint density at radius 3 is 2.66 bits per heavy atom. The molecule has 5 aliphatic rings. The van der Waals surface area contributed by atoms with Gasteiger partial charge in [0.25, 0.3) is 0 Å². The van der Waals surface area contributed by atoms with Crippen molar-refractivity contribution in [1.82, 2.24) is 0 Å². The number of ketones is 1. The third-order valence-corrected chi connectivity index (χ3v) is 10.2. The van der Waals surface area contributed by atoms with Gasteiger partial charge in [-0.25, -0.2) is 0 Å². The smallest absolute Gasteiger partial charge is 0.309 e. The lowest BCUT2D eigenvalue weighted by Gasteiger charge is -2.58. The number of epoxide rings is 1. The molecule has 1 aliphatic heterocycles. The number of ether oxygens (including phenoxy) is 3. The summed E-state index contributed by atoms with van der Waals surface area (Å²) >= 11 is 0. The Labute approximate surface area is 188 Å². The van der Waals surface area contributed by atoms with Crippen LogP contribution in [0.3, 0.4) is 0 Å². The molecule has 4 fully saturated rings. The second-order valence-corrected chi connectivity index (χ2v) is 11.1. The minimum absolute atomic E-state index is 0.0731. The van der Waals surface area contributed by atoms with Crippen molar-refractivity contribution in [3.8, 4) is 0 Å². The van der Waals surface area contributed by atoms with E-state index in [0.29, 0.717) is 32.1 Å². The first-order chi connectivity index (χ1) is 15.1. The summed E-state index contributed by atoms with van der Waals surface area (Å²) in [5.74, 6) is -0.878. The van der Waals surface area contributed by atoms with Crippen molar-refractivity contribution in [3.05, 3.63) is 11.6 Å². The van der Waals surface area contributed by atoms with Crippen LogP contribution < -0.4 is 0 Å². The largest absolute Gasteiger partial charge is 0.469 e. The normalized spacial score (nSPS) is 48.5. The fraction of sp³-hybridized carbons (Fsp3) is 0.800. The van der Waals surface area contributed by atoms with Crippen molar-refractivity contribution in [2.75, 3.05) is 14.2 Å². The summed E-state index contributed by atoms with van der Waals surface area (Å²) in [6.45, 7) is 4.31. The van der Waals surface area contributed by atoms with Crippen LogP contribution in [0.5, 0.6) is 0 Å². The number of esters is 2. The molecule has 0 amide bonds. The Morgan fingerprint density at radius 2 is 1.97 bits per heavy atom. The van der Waals surface area contributed by atoms with Gasteiger partial charge < -0.3 is 19.3 Å². The topological polar surface area (TPSA) is 102 Å². The highest BCUT2D eigenvalue weighted by Gasteiger charge is 2.82. The molecule has 0 aromatic carbocycles. The van der Waals surface area contributed by atoms with Gasteiger partial charge in [-0.05, 0) is 50.5 Å². The summed E-state index contributed by atoms with van der Waals surface area (Å²) in [5.41, 5.74) is -1.23. The Hall–Kier alpha value is -1.73. The first-order valence-corrected chi connectivity index (χ1v) is 11.8. The third-order valence-electron chi connectivity index (χ3n) is 10.2. The number of rotatable bonds is 4. The van der Waals surface area contributed by atoms with E-state index in [1.165, 1.54) is 14.2 Å². The van der Waals surface area contributed by atoms with Crippen LogP contribution in [-0.2, 0) is 28.6 Å². The zero-order valence-corrected chi connectivity index (χ0v) is 19.4. The summed E-state index contributed by atoms with van der Waals surface area (Å²) in [4.78, 5) is 37.1. The quantitative estimate of drug-likeness (QED) is 0.523. The van der Waals surface area contributed by atoms with Gasteiger partial charge in [0.15, 0.2) is 5.78 Å². The van der Waals surface area contributed by atoms with E-state index in [4.69, 9.17) is 14.2 Å². The monoisotopic (exact) mass is 446 g/mol. The van der Waals surface area contributed by atoms with Crippen molar-refractivity contribution >= 4 is 17.7 Å². The standard InChI is InChI=1S/C25H34O7/c1-22-8-5-15(26)11-14(22)12-16(21(28)31-4)20-17-6-9-24(29,10-7-19(27)30-3)23(17,2)13-18-25(20,22)32-18/h11,16-18,20,29H,5-10,12-13H2,1-4H3/t16-,17+,18?,20+,22+,23+,24-,25?/m1/s1. The van der Waals surface area contributed by atoms with Crippen molar-refractivity contribution in [2.45, 2.75) is 82.5 Å². The molecule has 0 aromatic rings. The number of fused-ring (bicyclic) bond motifs is 3. The highest BCUT2D eigenvalue weighted by molar-refractivity contribution is 5.92. The molecule has 2 unspecified atom stereocenters. The molecule has 1 N–H and O–H groups in total. The van der Waals surface area contributed by atoms with E-state index < -0.39 is 22.5 Å². The van der Waals surface area contributed by atoms with Gasteiger partial charge in [-0.2, -0.15) is 0 Å². The number of carbonyl (C=O) groups excluding carboxylic acids is 3. The van der Waals surface area contributed by atoms with Crippen LogP contribution in [0.4, 0.5) is 0 Å².